The number of benzene rings is 1. The van der Waals surface area contributed by atoms with Gasteiger partial charge < -0.3 is 4.74 Å². The molecule has 2 aromatic rings. The third-order valence-corrected chi connectivity index (χ3v) is 3.36. The van der Waals surface area contributed by atoms with Crippen molar-refractivity contribution in [1.82, 2.24) is 0 Å². The number of ether oxygens (including phenoxy) is 1. The van der Waals surface area contributed by atoms with Gasteiger partial charge in [-0.2, -0.15) is 0 Å². The SMILES string of the molecule is CC(=O)c1cc(Cl)ccc1OCc1cccs1. The second-order valence-corrected chi connectivity index (χ2v) is 5.03. The van der Waals surface area contributed by atoms with Crippen molar-refractivity contribution < 1.29 is 9.53 Å². The van der Waals surface area contributed by atoms with Crippen molar-refractivity contribution >= 4 is 28.7 Å². The van der Waals surface area contributed by atoms with Gasteiger partial charge in [0, 0.05) is 9.90 Å². The summed E-state index contributed by atoms with van der Waals surface area (Å²) >= 11 is 7.48. The van der Waals surface area contributed by atoms with Gasteiger partial charge in [-0.15, -0.1) is 11.3 Å². The summed E-state index contributed by atoms with van der Waals surface area (Å²) in [5, 5.41) is 2.53. The molecule has 0 aliphatic rings. The van der Waals surface area contributed by atoms with E-state index in [4.69, 9.17) is 16.3 Å². The van der Waals surface area contributed by atoms with Crippen LogP contribution >= 0.6 is 22.9 Å². The predicted molar refractivity (Wildman–Crippen MR) is 70.1 cm³/mol. The summed E-state index contributed by atoms with van der Waals surface area (Å²) in [5.41, 5.74) is 0.522. The predicted octanol–water partition coefficient (Wildman–Crippen LogP) is 4.18. The lowest BCUT2D eigenvalue weighted by Gasteiger charge is -2.09. The van der Waals surface area contributed by atoms with Crippen molar-refractivity contribution in [2.24, 2.45) is 0 Å². The molecule has 0 aliphatic heterocycles. The molecule has 0 saturated heterocycles. The number of Topliss-reactive ketones (excluding diaryl/α,β-unsaturated/α-hetero) is 1. The fourth-order valence-corrected chi connectivity index (χ4v) is 2.23. The van der Waals surface area contributed by atoms with Crippen LogP contribution in [-0.2, 0) is 6.61 Å². The summed E-state index contributed by atoms with van der Waals surface area (Å²) in [6, 6.07) is 9.04. The first-order chi connectivity index (χ1) is 8.16. The third-order valence-electron chi connectivity index (χ3n) is 2.27. The third kappa shape index (κ3) is 3.08. The van der Waals surface area contributed by atoms with Crippen molar-refractivity contribution in [3.8, 4) is 5.75 Å². The molecule has 0 atom stereocenters. The lowest BCUT2D eigenvalue weighted by Crippen LogP contribution is -2.00. The Hall–Kier alpha value is -1.32. The van der Waals surface area contributed by atoms with Gasteiger partial charge in [0.25, 0.3) is 0 Å². The minimum absolute atomic E-state index is 0.0475. The van der Waals surface area contributed by atoms with E-state index in [9.17, 15) is 4.79 Å². The minimum Gasteiger partial charge on any atom is -0.487 e. The van der Waals surface area contributed by atoms with Gasteiger partial charge in [0.2, 0.25) is 0 Å². The number of carbonyl (C=O) groups is 1. The van der Waals surface area contributed by atoms with E-state index in [1.165, 1.54) is 6.92 Å². The Bertz CT molecular complexity index is 520. The zero-order valence-electron chi connectivity index (χ0n) is 9.27. The molecule has 0 amide bonds. The molecular weight excluding hydrogens is 256 g/mol. The number of thiophene rings is 1. The molecule has 2 rings (SSSR count). The second kappa shape index (κ2) is 5.34. The maximum atomic E-state index is 11.4. The molecule has 17 heavy (non-hydrogen) atoms. The molecule has 1 aromatic carbocycles. The van der Waals surface area contributed by atoms with Gasteiger partial charge in [0.15, 0.2) is 5.78 Å². The smallest absolute Gasteiger partial charge is 0.163 e. The normalized spacial score (nSPS) is 10.2. The van der Waals surface area contributed by atoms with Crippen molar-refractivity contribution in [2.75, 3.05) is 0 Å². The zero-order valence-corrected chi connectivity index (χ0v) is 10.8. The lowest BCUT2D eigenvalue weighted by molar-refractivity contribution is 0.101. The molecule has 0 spiro atoms. The molecule has 0 radical (unpaired) electrons. The zero-order chi connectivity index (χ0) is 12.3. The molecule has 0 bridgehead atoms. The summed E-state index contributed by atoms with van der Waals surface area (Å²) in [7, 11) is 0. The number of carbonyl (C=O) groups excluding carboxylic acids is 1. The number of hydrogen-bond acceptors (Lipinski definition) is 3. The Morgan fingerprint density at radius 2 is 2.24 bits per heavy atom. The highest BCUT2D eigenvalue weighted by Gasteiger charge is 2.09. The van der Waals surface area contributed by atoms with Crippen LogP contribution in [0.3, 0.4) is 0 Å². The first-order valence-corrected chi connectivity index (χ1v) is 6.38. The molecule has 0 saturated carbocycles. The molecule has 0 fully saturated rings. The van der Waals surface area contributed by atoms with Gasteiger partial charge in [-0.3, -0.25) is 4.79 Å². The maximum absolute atomic E-state index is 11.4. The number of halogens is 1. The molecule has 1 heterocycles. The molecule has 88 valence electrons. The van der Waals surface area contributed by atoms with E-state index < -0.39 is 0 Å². The highest BCUT2D eigenvalue weighted by Crippen LogP contribution is 2.24. The van der Waals surface area contributed by atoms with Gasteiger partial charge in [-0.05, 0) is 36.6 Å². The molecule has 0 N–H and O–H groups in total. The fourth-order valence-electron chi connectivity index (χ4n) is 1.45. The van der Waals surface area contributed by atoms with Crippen LogP contribution < -0.4 is 4.74 Å². The summed E-state index contributed by atoms with van der Waals surface area (Å²) < 4.78 is 5.63. The van der Waals surface area contributed by atoms with Crippen LogP contribution in [0.5, 0.6) is 5.75 Å². The fraction of sp³-hybridized carbons (Fsp3) is 0.154. The monoisotopic (exact) mass is 266 g/mol. The van der Waals surface area contributed by atoms with E-state index >= 15 is 0 Å². The van der Waals surface area contributed by atoms with E-state index in [1.807, 2.05) is 17.5 Å². The summed E-state index contributed by atoms with van der Waals surface area (Å²) in [6.07, 6.45) is 0. The maximum Gasteiger partial charge on any atom is 0.163 e. The van der Waals surface area contributed by atoms with Crippen LogP contribution in [0.25, 0.3) is 0 Å². The van der Waals surface area contributed by atoms with E-state index in [2.05, 4.69) is 0 Å². The first-order valence-electron chi connectivity index (χ1n) is 5.12. The quantitative estimate of drug-likeness (QED) is 0.776. The largest absolute Gasteiger partial charge is 0.487 e. The van der Waals surface area contributed by atoms with Crippen LogP contribution in [0.2, 0.25) is 5.02 Å². The molecule has 0 aliphatic carbocycles. The average molecular weight is 267 g/mol. The Morgan fingerprint density at radius 1 is 1.41 bits per heavy atom. The van der Waals surface area contributed by atoms with E-state index in [1.54, 1.807) is 29.5 Å². The average Bonchev–Trinajstić information content (AvgIpc) is 2.80. The minimum atomic E-state index is -0.0475. The number of rotatable bonds is 4. The van der Waals surface area contributed by atoms with Crippen LogP contribution in [0, 0.1) is 0 Å². The summed E-state index contributed by atoms with van der Waals surface area (Å²) in [6.45, 7) is 1.98. The van der Waals surface area contributed by atoms with Crippen LogP contribution in [0.4, 0.5) is 0 Å². The highest BCUT2D eigenvalue weighted by molar-refractivity contribution is 7.09. The van der Waals surface area contributed by atoms with Crippen molar-refractivity contribution in [1.29, 1.82) is 0 Å². The van der Waals surface area contributed by atoms with Gasteiger partial charge in [0.05, 0.1) is 5.56 Å². The first kappa shape index (κ1) is 12.1. The van der Waals surface area contributed by atoms with Gasteiger partial charge in [-0.25, -0.2) is 0 Å². The Labute approximate surface area is 109 Å². The second-order valence-electron chi connectivity index (χ2n) is 3.56. The van der Waals surface area contributed by atoms with Gasteiger partial charge in [0.1, 0.15) is 12.4 Å². The van der Waals surface area contributed by atoms with E-state index in [0.717, 1.165) is 4.88 Å². The summed E-state index contributed by atoms with van der Waals surface area (Å²) in [4.78, 5) is 12.6. The van der Waals surface area contributed by atoms with Crippen molar-refractivity contribution in [3.63, 3.8) is 0 Å². The van der Waals surface area contributed by atoms with Crippen LogP contribution in [0.15, 0.2) is 35.7 Å². The molecular formula is C13H11ClO2S. The van der Waals surface area contributed by atoms with E-state index in [0.29, 0.717) is 22.9 Å². The van der Waals surface area contributed by atoms with Gasteiger partial charge >= 0.3 is 0 Å². The Balaban J connectivity index is 2.17. The number of hydrogen-bond donors (Lipinski definition) is 0. The number of ketones is 1. The lowest BCUT2D eigenvalue weighted by atomic mass is 10.1. The molecule has 2 nitrogen and oxygen atoms in total. The van der Waals surface area contributed by atoms with Crippen LogP contribution in [0.1, 0.15) is 22.2 Å². The summed E-state index contributed by atoms with van der Waals surface area (Å²) in [5.74, 6) is 0.531. The van der Waals surface area contributed by atoms with Crippen molar-refractivity contribution in [3.05, 3.63) is 51.2 Å². The van der Waals surface area contributed by atoms with Crippen molar-refractivity contribution in [2.45, 2.75) is 13.5 Å². The highest BCUT2D eigenvalue weighted by atomic mass is 35.5. The van der Waals surface area contributed by atoms with Gasteiger partial charge in [-0.1, -0.05) is 17.7 Å². The molecule has 0 unspecified atom stereocenters. The topological polar surface area (TPSA) is 26.3 Å². The molecule has 4 heteroatoms. The van der Waals surface area contributed by atoms with Crippen LogP contribution in [-0.4, -0.2) is 5.78 Å². The Morgan fingerprint density at radius 3 is 2.88 bits per heavy atom. The standard InChI is InChI=1S/C13H11ClO2S/c1-9(15)12-7-10(14)4-5-13(12)16-8-11-3-2-6-17-11/h2-7H,8H2,1H3. The Kier molecular flexibility index (Phi) is 3.82. The molecule has 1 aromatic heterocycles. The van der Waals surface area contributed by atoms with E-state index in [-0.39, 0.29) is 5.78 Å².